The van der Waals surface area contributed by atoms with Gasteiger partial charge < -0.3 is 14.6 Å². The van der Waals surface area contributed by atoms with Crippen molar-refractivity contribution in [3.8, 4) is 11.4 Å². The third-order valence-electron chi connectivity index (χ3n) is 4.85. The van der Waals surface area contributed by atoms with Gasteiger partial charge in [-0.2, -0.15) is 0 Å². The summed E-state index contributed by atoms with van der Waals surface area (Å²) >= 11 is 1.33. The van der Waals surface area contributed by atoms with Crippen LogP contribution in [0.3, 0.4) is 0 Å². The number of hydrogen-bond donors (Lipinski definition) is 1. The number of aromatic nitrogens is 3. The van der Waals surface area contributed by atoms with Gasteiger partial charge in [-0.3, -0.25) is 9.78 Å². The van der Waals surface area contributed by atoms with Crippen molar-refractivity contribution in [1.29, 1.82) is 0 Å². The lowest BCUT2D eigenvalue weighted by Crippen LogP contribution is -2.38. The van der Waals surface area contributed by atoms with Crippen molar-refractivity contribution in [3.05, 3.63) is 51.0 Å². The Balaban J connectivity index is 1.53. The molecule has 1 aliphatic heterocycles. The maximum atomic E-state index is 13.2. The van der Waals surface area contributed by atoms with Crippen LogP contribution in [0.25, 0.3) is 23.5 Å². The van der Waals surface area contributed by atoms with Crippen molar-refractivity contribution in [3.63, 3.8) is 0 Å². The second-order valence-electron chi connectivity index (χ2n) is 7.02. The highest BCUT2D eigenvalue weighted by molar-refractivity contribution is 7.14. The summed E-state index contributed by atoms with van der Waals surface area (Å²) in [6.07, 6.45) is 6.42. The van der Waals surface area contributed by atoms with E-state index >= 15 is 0 Å². The molecule has 0 aliphatic carbocycles. The van der Waals surface area contributed by atoms with E-state index < -0.39 is 5.82 Å². The Bertz CT molecular complexity index is 1070. The molecule has 0 unspecified atom stereocenters. The topological polar surface area (TPSA) is 90.1 Å². The molecule has 3 aromatic heterocycles. The summed E-state index contributed by atoms with van der Waals surface area (Å²) < 4.78 is 23.8. The molecule has 4 heterocycles. The van der Waals surface area contributed by atoms with E-state index in [1.54, 1.807) is 13.0 Å². The fourth-order valence-electron chi connectivity index (χ4n) is 3.22. The molecule has 7 nitrogen and oxygen atoms in total. The Morgan fingerprint density at radius 1 is 1.27 bits per heavy atom. The quantitative estimate of drug-likeness (QED) is 0.660. The minimum absolute atomic E-state index is 0.103. The molecule has 1 saturated heterocycles. The molecule has 0 bridgehead atoms. The number of ether oxygens (including phenoxy) is 1. The highest BCUT2D eigenvalue weighted by Gasteiger charge is 2.20. The summed E-state index contributed by atoms with van der Waals surface area (Å²) in [5, 5.41) is 7.81. The number of thiazole rings is 1. The summed E-state index contributed by atoms with van der Waals surface area (Å²) in [5.74, 6) is 0.0907. The molecular formula is C21H21FN4O3S. The van der Waals surface area contributed by atoms with Crippen LogP contribution >= 0.6 is 11.3 Å². The molecule has 156 valence electrons. The number of halogens is 1. The smallest absolute Gasteiger partial charge is 0.263 e. The number of amides is 1. The molecule has 1 amide bonds. The van der Waals surface area contributed by atoms with Gasteiger partial charge in [0.15, 0.2) is 0 Å². The third-order valence-corrected chi connectivity index (χ3v) is 5.97. The van der Waals surface area contributed by atoms with E-state index in [1.807, 2.05) is 19.1 Å². The molecule has 0 spiro atoms. The summed E-state index contributed by atoms with van der Waals surface area (Å²) in [6.45, 7) is 4.96. The maximum absolute atomic E-state index is 13.2. The molecule has 3 aromatic rings. The monoisotopic (exact) mass is 428 g/mol. The molecule has 0 saturated carbocycles. The third kappa shape index (κ3) is 4.47. The average Bonchev–Trinajstić information content (AvgIpc) is 3.30. The van der Waals surface area contributed by atoms with Crippen molar-refractivity contribution in [1.82, 2.24) is 20.4 Å². The van der Waals surface area contributed by atoms with E-state index in [4.69, 9.17) is 9.26 Å². The number of nitrogens with one attached hydrogen (secondary N) is 1. The van der Waals surface area contributed by atoms with Crippen LogP contribution in [-0.2, 0) is 4.74 Å². The molecule has 1 aliphatic rings. The molecule has 4 rings (SSSR count). The molecule has 9 heteroatoms. The Morgan fingerprint density at radius 3 is 2.80 bits per heavy atom. The van der Waals surface area contributed by atoms with Crippen molar-refractivity contribution in [2.75, 3.05) is 13.2 Å². The predicted octanol–water partition coefficient (Wildman–Crippen LogP) is 4.03. The van der Waals surface area contributed by atoms with Crippen LogP contribution in [-0.4, -0.2) is 40.3 Å². The van der Waals surface area contributed by atoms with E-state index in [-0.39, 0.29) is 11.9 Å². The van der Waals surface area contributed by atoms with E-state index in [2.05, 4.69) is 20.4 Å². The average molecular weight is 428 g/mol. The van der Waals surface area contributed by atoms with Crippen LogP contribution in [0.4, 0.5) is 4.39 Å². The number of aryl methyl sites for hydroxylation is 2. The fourth-order valence-corrected chi connectivity index (χ4v) is 4.10. The van der Waals surface area contributed by atoms with Crippen LogP contribution in [0.1, 0.15) is 44.5 Å². The van der Waals surface area contributed by atoms with Gasteiger partial charge >= 0.3 is 0 Å². The SMILES string of the molecule is Cc1nc(/C=C/c2c(-c3ccc(F)cn3)noc2C)sc1C(=O)NC1CCOCC1. The molecule has 30 heavy (non-hydrogen) atoms. The van der Waals surface area contributed by atoms with E-state index in [9.17, 15) is 9.18 Å². The van der Waals surface area contributed by atoms with Crippen LogP contribution in [0, 0.1) is 19.7 Å². The second-order valence-corrected chi connectivity index (χ2v) is 8.05. The Morgan fingerprint density at radius 2 is 2.07 bits per heavy atom. The minimum Gasteiger partial charge on any atom is -0.381 e. The fraction of sp³-hybridized carbons (Fsp3) is 0.333. The number of rotatable bonds is 5. The zero-order chi connectivity index (χ0) is 21.1. The highest BCUT2D eigenvalue weighted by atomic mass is 32.1. The van der Waals surface area contributed by atoms with E-state index in [0.717, 1.165) is 24.6 Å². The first-order chi connectivity index (χ1) is 14.5. The lowest BCUT2D eigenvalue weighted by molar-refractivity contribution is 0.0698. The van der Waals surface area contributed by atoms with Gasteiger partial charge in [0.2, 0.25) is 0 Å². The van der Waals surface area contributed by atoms with Gasteiger partial charge in [-0.15, -0.1) is 11.3 Å². The van der Waals surface area contributed by atoms with E-state index in [0.29, 0.717) is 45.9 Å². The number of carbonyl (C=O) groups is 1. The van der Waals surface area contributed by atoms with Crippen molar-refractivity contribution >= 4 is 29.4 Å². The lowest BCUT2D eigenvalue weighted by Gasteiger charge is -2.22. The van der Waals surface area contributed by atoms with Crippen LogP contribution in [0.5, 0.6) is 0 Å². The van der Waals surface area contributed by atoms with Gasteiger partial charge in [0.05, 0.1) is 17.6 Å². The molecule has 1 N–H and O–H groups in total. The van der Waals surface area contributed by atoms with Crippen LogP contribution in [0.2, 0.25) is 0 Å². The normalized spacial score (nSPS) is 15.0. The number of carbonyl (C=O) groups excluding carboxylic acids is 1. The Hall–Kier alpha value is -2.91. The van der Waals surface area contributed by atoms with Crippen LogP contribution < -0.4 is 5.32 Å². The van der Waals surface area contributed by atoms with Crippen molar-refractivity contribution in [2.45, 2.75) is 32.7 Å². The van der Waals surface area contributed by atoms with Crippen molar-refractivity contribution < 1.29 is 18.4 Å². The lowest BCUT2D eigenvalue weighted by atomic mass is 10.1. The maximum Gasteiger partial charge on any atom is 0.263 e. The first kappa shape index (κ1) is 20.4. The second kappa shape index (κ2) is 8.85. The van der Waals surface area contributed by atoms with Gasteiger partial charge in [-0.05, 0) is 51.0 Å². The number of nitrogens with zero attached hydrogens (tertiary/aromatic N) is 3. The number of hydrogen-bond acceptors (Lipinski definition) is 7. The molecular weight excluding hydrogens is 407 g/mol. The Kier molecular flexibility index (Phi) is 6.01. The minimum atomic E-state index is -0.416. The molecule has 1 fully saturated rings. The zero-order valence-corrected chi connectivity index (χ0v) is 17.5. The zero-order valence-electron chi connectivity index (χ0n) is 16.6. The van der Waals surface area contributed by atoms with Gasteiger partial charge in [0, 0.05) is 24.8 Å². The molecule has 0 atom stereocenters. The summed E-state index contributed by atoms with van der Waals surface area (Å²) in [5.41, 5.74) is 2.45. The van der Waals surface area contributed by atoms with Gasteiger partial charge in [0.25, 0.3) is 5.91 Å². The standard InChI is InChI=1S/C21H21FN4O3S/c1-12-20(21(27)25-15-7-9-28-10-8-15)30-18(24-12)6-4-16-13(2)29-26-19(16)17-5-3-14(22)11-23-17/h3-6,11,15H,7-10H2,1-2H3,(H,25,27)/b6-4+. The molecule has 0 aromatic carbocycles. The van der Waals surface area contributed by atoms with Crippen molar-refractivity contribution in [2.24, 2.45) is 0 Å². The van der Waals surface area contributed by atoms with Gasteiger partial charge in [-0.25, -0.2) is 9.37 Å². The van der Waals surface area contributed by atoms with Crippen LogP contribution in [0.15, 0.2) is 22.9 Å². The number of pyridine rings is 1. The van der Waals surface area contributed by atoms with Gasteiger partial charge in [-0.1, -0.05) is 5.16 Å². The molecule has 0 radical (unpaired) electrons. The summed E-state index contributed by atoms with van der Waals surface area (Å²) in [7, 11) is 0. The summed E-state index contributed by atoms with van der Waals surface area (Å²) in [4.78, 5) is 21.8. The first-order valence-corrected chi connectivity index (χ1v) is 10.4. The van der Waals surface area contributed by atoms with E-state index in [1.165, 1.54) is 17.4 Å². The van der Waals surface area contributed by atoms with Gasteiger partial charge in [0.1, 0.15) is 27.2 Å². The Labute approximate surface area is 177 Å². The highest BCUT2D eigenvalue weighted by Crippen LogP contribution is 2.27. The first-order valence-electron chi connectivity index (χ1n) is 9.63. The largest absolute Gasteiger partial charge is 0.381 e. The predicted molar refractivity (Wildman–Crippen MR) is 112 cm³/mol. The summed E-state index contributed by atoms with van der Waals surface area (Å²) in [6, 6.07) is 3.01.